The molecular formula is C12H14F6O2. The number of alkyl halides is 6. The lowest BCUT2D eigenvalue weighted by Gasteiger charge is -2.38. The molecule has 0 heterocycles. The molecule has 0 aromatic heterocycles. The molecule has 1 rings (SSSR count). The van der Waals surface area contributed by atoms with Crippen LogP contribution < -0.4 is 0 Å². The van der Waals surface area contributed by atoms with Crippen molar-refractivity contribution >= 4 is 5.97 Å². The number of carbonyl (C=O) groups excluding carboxylic acids is 1. The first kappa shape index (κ1) is 16.8. The van der Waals surface area contributed by atoms with Crippen LogP contribution in [0, 0.1) is 0 Å². The fourth-order valence-electron chi connectivity index (χ4n) is 2.15. The van der Waals surface area contributed by atoms with Gasteiger partial charge in [0, 0.05) is 5.57 Å². The van der Waals surface area contributed by atoms with E-state index >= 15 is 0 Å². The van der Waals surface area contributed by atoms with Crippen LogP contribution in [0.5, 0.6) is 0 Å². The molecule has 0 radical (unpaired) electrons. The van der Waals surface area contributed by atoms with E-state index in [2.05, 4.69) is 11.3 Å². The van der Waals surface area contributed by atoms with Crippen LogP contribution in [0.4, 0.5) is 26.3 Å². The summed E-state index contributed by atoms with van der Waals surface area (Å²) in [7, 11) is 0. The van der Waals surface area contributed by atoms with E-state index in [1.807, 2.05) is 0 Å². The quantitative estimate of drug-likeness (QED) is 0.446. The van der Waals surface area contributed by atoms with Gasteiger partial charge in [-0.2, -0.15) is 22.0 Å². The van der Waals surface area contributed by atoms with Crippen molar-refractivity contribution < 1.29 is 35.9 Å². The second-order valence-corrected chi connectivity index (χ2v) is 4.90. The van der Waals surface area contributed by atoms with Gasteiger partial charge in [0.2, 0.25) is 0 Å². The van der Waals surface area contributed by atoms with Crippen LogP contribution in [-0.2, 0) is 9.53 Å². The monoisotopic (exact) mass is 304 g/mol. The predicted octanol–water partition coefficient (Wildman–Crippen LogP) is 3.95. The third-order valence-electron chi connectivity index (χ3n) is 3.26. The highest BCUT2D eigenvalue weighted by molar-refractivity contribution is 5.87. The highest BCUT2D eigenvalue weighted by atomic mass is 19.4. The van der Waals surface area contributed by atoms with Gasteiger partial charge in [-0.3, -0.25) is 0 Å². The Balaban J connectivity index is 3.12. The Hall–Kier alpha value is -1.21. The second-order valence-electron chi connectivity index (χ2n) is 4.90. The van der Waals surface area contributed by atoms with E-state index in [0.717, 1.165) is 0 Å². The minimum Gasteiger partial charge on any atom is -0.449 e. The van der Waals surface area contributed by atoms with Crippen LogP contribution in [0.15, 0.2) is 12.2 Å². The molecule has 0 aromatic carbocycles. The normalized spacial score (nSPS) is 20.6. The molecule has 1 aliphatic rings. The molecular weight excluding hydrogens is 290 g/mol. The van der Waals surface area contributed by atoms with E-state index in [0.29, 0.717) is 0 Å². The molecule has 1 atom stereocenters. The topological polar surface area (TPSA) is 26.3 Å². The molecule has 1 aliphatic carbocycles. The predicted molar refractivity (Wildman–Crippen MR) is 58.0 cm³/mol. The first-order chi connectivity index (χ1) is 8.94. The van der Waals surface area contributed by atoms with E-state index in [1.165, 1.54) is 6.92 Å². The molecule has 1 unspecified atom stereocenters. The molecule has 116 valence electrons. The molecule has 0 N–H and O–H groups in total. The standard InChI is InChI=1S/C12H14F6O2/c1-7(2)8(19)20-10(5-3-4-6-10)11(14,15)9(13)12(16,17)18/h9H,1,3-6H2,2H3. The summed E-state index contributed by atoms with van der Waals surface area (Å²) in [5.74, 6) is -6.09. The molecule has 0 aliphatic heterocycles. The van der Waals surface area contributed by atoms with E-state index in [-0.39, 0.29) is 18.4 Å². The van der Waals surface area contributed by atoms with Crippen molar-refractivity contribution in [2.45, 2.75) is 56.5 Å². The number of carbonyl (C=O) groups is 1. The molecule has 0 spiro atoms. The maximum Gasteiger partial charge on any atom is 0.425 e. The Morgan fingerprint density at radius 1 is 1.20 bits per heavy atom. The molecule has 20 heavy (non-hydrogen) atoms. The van der Waals surface area contributed by atoms with Crippen molar-refractivity contribution in [2.75, 3.05) is 0 Å². The number of esters is 1. The van der Waals surface area contributed by atoms with Crippen LogP contribution >= 0.6 is 0 Å². The summed E-state index contributed by atoms with van der Waals surface area (Å²) in [5, 5.41) is 0. The zero-order valence-corrected chi connectivity index (χ0v) is 10.7. The third kappa shape index (κ3) is 2.93. The minimum absolute atomic E-state index is 0.129. The van der Waals surface area contributed by atoms with Crippen LogP contribution in [0.2, 0.25) is 0 Å². The van der Waals surface area contributed by atoms with Crippen LogP contribution in [0.3, 0.4) is 0 Å². The number of rotatable bonds is 4. The van der Waals surface area contributed by atoms with Gasteiger partial charge in [-0.1, -0.05) is 6.58 Å². The molecule has 1 saturated carbocycles. The lowest BCUT2D eigenvalue weighted by atomic mass is 9.89. The van der Waals surface area contributed by atoms with E-state index in [9.17, 15) is 31.1 Å². The van der Waals surface area contributed by atoms with Gasteiger partial charge < -0.3 is 4.74 Å². The van der Waals surface area contributed by atoms with Crippen LogP contribution in [0.1, 0.15) is 32.6 Å². The fraction of sp³-hybridized carbons (Fsp3) is 0.750. The molecule has 0 bridgehead atoms. The van der Waals surface area contributed by atoms with E-state index in [4.69, 9.17) is 0 Å². The van der Waals surface area contributed by atoms with Crippen molar-refractivity contribution in [3.05, 3.63) is 12.2 Å². The van der Waals surface area contributed by atoms with Gasteiger partial charge in [0.1, 0.15) is 0 Å². The largest absolute Gasteiger partial charge is 0.449 e. The van der Waals surface area contributed by atoms with Crippen molar-refractivity contribution in [2.24, 2.45) is 0 Å². The van der Waals surface area contributed by atoms with Crippen molar-refractivity contribution in [3.63, 3.8) is 0 Å². The summed E-state index contributed by atoms with van der Waals surface area (Å²) in [6.07, 6.45) is -10.9. The lowest BCUT2D eigenvalue weighted by Crippen LogP contribution is -2.58. The van der Waals surface area contributed by atoms with Gasteiger partial charge in [-0.25, -0.2) is 9.18 Å². The Morgan fingerprint density at radius 2 is 1.65 bits per heavy atom. The number of hydrogen-bond acceptors (Lipinski definition) is 2. The summed E-state index contributed by atoms with van der Waals surface area (Å²) in [4.78, 5) is 11.4. The third-order valence-corrected chi connectivity index (χ3v) is 3.26. The van der Waals surface area contributed by atoms with Crippen LogP contribution in [0.25, 0.3) is 0 Å². The summed E-state index contributed by atoms with van der Waals surface area (Å²) in [5.41, 5.74) is -3.01. The average Bonchev–Trinajstić information content (AvgIpc) is 2.76. The maximum atomic E-state index is 13.9. The first-order valence-electron chi connectivity index (χ1n) is 5.91. The lowest BCUT2D eigenvalue weighted by molar-refractivity contribution is -0.295. The summed E-state index contributed by atoms with van der Waals surface area (Å²) in [6.45, 7) is 4.33. The molecule has 0 amide bonds. The molecule has 2 nitrogen and oxygen atoms in total. The van der Waals surface area contributed by atoms with Gasteiger partial charge >= 0.3 is 18.1 Å². The second kappa shape index (κ2) is 5.29. The summed E-state index contributed by atoms with van der Waals surface area (Å²) < 4.78 is 82.2. The molecule has 0 saturated heterocycles. The smallest absolute Gasteiger partial charge is 0.425 e. The molecule has 8 heteroatoms. The SMILES string of the molecule is C=C(C)C(=O)OC1(C(F)(F)C(F)C(F)(F)F)CCCC1. The van der Waals surface area contributed by atoms with Gasteiger partial charge in [-0.15, -0.1) is 0 Å². The molecule has 0 aromatic rings. The van der Waals surface area contributed by atoms with Crippen LogP contribution in [-0.4, -0.2) is 29.8 Å². The van der Waals surface area contributed by atoms with Gasteiger partial charge in [0.25, 0.3) is 6.17 Å². The van der Waals surface area contributed by atoms with E-state index in [1.54, 1.807) is 0 Å². The van der Waals surface area contributed by atoms with Crippen molar-refractivity contribution in [1.29, 1.82) is 0 Å². The minimum atomic E-state index is -5.73. The Bertz CT molecular complexity index is 395. The van der Waals surface area contributed by atoms with Gasteiger partial charge in [0.05, 0.1) is 0 Å². The zero-order valence-electron chi connectivity index (χ0n) is 10.7. The van der Waals surface area contributed by atoms with Crippen molar-refractivity contribution in [3.8, 4) is 0 Å². The Kier molecular flexibility index (Phi) is 4.46. The average molecular weight is 304 g/mol. The number of hydrogen-bond donors (Lipinski definition) is 0. The fourth-order valence-corrected chi connectivity index (χ4v) is 2.15. The van der Waals surface area contributed by atoms with E-state index < -0.39 is 42.7 Å². The van der Waals surface area contributed by atoms with Gasteiger partial charge in [-0.05, 0) is 32.6 Å². The summed E-state index contributed by atoms with van der Waals surface area (Å²) in [6, 6.07) is 0. The number of ether oxygens (including phenoxy) is 1. The zero-order chi connectivity index (χ0) is 15.8. The maximum absolute atomic E-state index is 13.9. The number of halogens is 6. The Labute approximate surface area is 111 Å². The highest BCUT2D eigenvalue weighted by Gasteiger charge is 2.69. The van der Waals surface area contributed by atoms with Gasteiger partial charge in [0.15, 0.2) is 5.60 Å². The first-order valence-corrected chi connectivity index (χ1v) is 5.91. The molecule has 1 fully saturated rings. The van der Waals surface area contributed by atoms with Crippen molar-refractivity contribution in [1.82, 2.24) is 0 Å². The highest BCUT2D eigenvalue weighted by Crippen LogP contribution is 2.50. The summed E-state index contributed by atoms with van der Waals surface area (Å²) >= 11 is 0. The Morgan fingerprint density at radius 3 is 2.00 bits per heavy atom.